The summed E-state index contributed by atoms with van der Waals surface area (Å²) in [6.07, 6.45) is 2.70. The fourth-order valence-corrected chi connectivity index (χ4v) is 4.34. The minimum atomic E-state index is -0.261. The van der Waals surface area contributed by atoms with E-state index in [9.17, 15) is 4.79 Å². The number of allylic oxidation sites excluding steroid dienone is 1. The van der Waals surface area contributed by atoms with Gasteiger partial charge in [-0.3, -0.25) is 10.3 Å². The quantitative estimate of drug-likeness (QED) is 0.412. The van der Waals surface area contributed by atoms with Gasteiger partial charge >= 0.3 is 6.03 Å². The van der Waals surface area contributed by atoms with Crippen LogP contribution < -0.4 is 15.5 Å². The van der Waals surface area contributed by atoms with Crippen molar-refractivity contribution in [3.63, 3.8) is 0 Å². The molecule has 1 aromatic heterocycles. The monoisotopic (exact) mass is 457 g/mol. The van der Waals surface area contributed by atoms with E-state index in [0.29, 0.717) is 5.82 Å². The van der Waals surface area contributed by atoms with Crippen LogP contribution in [0.3, 0.4) is 0 Å². The lowest BCUT2D eigenvalue weighted by Gasteiger charge is -2.33. The number of nitrogens with one attached hydrogen (secondary N) is 2. The molecule has 3 aromatic rings. The van der Waals surface area contributed by atoms with Crippen molar-refractivity contribution in [3.8, 4) is 5.69 Å². The predicted octanol–water partition coefficient (Wildman–Crippen LogP) is 4.79. The maximum Gasteiger partial charge on any atom is 0.320 e. The molecule has 0 aliphatic carbocycles. The topological polar surface area (TPSA) is 77.8 Å². The summed E-state index contributed by atoms with van der Waals surface area (Å²) in [5.41, 5.74) is 5.69. The molecule has 2 heterocycles. The van der Waals surface area contributed by atoms with Crippen molar-refractivity contribution in [2.45, 2.75) is 26.3 Å². The smallest absolute Gasteiger partial charge is 0.320 e. The van der Waals surface area contributed by atoms with Crippen molar-refractivity contribution >= 4 is 29.8 Å². The number of hydrogen-bond acceptors (Lipinski definition) is 5. The van der Waals surface area contributed by atoms with Crippen molar-refractivity contribution in [2.75, 3.05) is 30.9 Å². The van der Waals surface area contributed by atoms with Gasteiger partial charge in [0.25, 0.3) is 0 Å². The van der Waals surface area contributed by atoms with Crippen molar-refractivity contribution < 1.29 is 4.79 Å². The molecular weight excluding hydrogens is 426 g/mol. The number of carbonyl (C=O) groups is 1. The number of amides is 2. The van der Waals surface area contributed by atoms with E-state index in [1.54, 1.807) is 9.69 Å². The van der Waals surface area contributed by atoms with E-state index in [4.69, 9.17) is 5.10 Å². The van der Waals surface area contributed by atoms with Crippen molar-refractivity contribution in [3.05, 3.63) is 77.6 Å². The van der Waals surface area contributed by atoms with Gasteiger partial charge in [-0.05, 0) is 49.6 Å². The van der Waals surface area contributed by atoms with Crippen LogP contribution in [-0.4, -0.2) is 48.2 Å². The molecule has 1 unspecified atom stereocenters. The molecule has 2 N–H and O–H groups in total. The number of hydrazone groups is 1. The third-order valence-corrected chi connectivity index (χ3v) is 6.11. The molecule has 0 fully saturated rings. The average Bonchev–Trinajstić information content (AvgIpc) is 3.17. The van der Waals surface area contributed by atoms with Gasteiger partial charge in [0.2, 0.25) is 0 Å². The van der Waals surface area contributed by atoms with Gasteiger partial charge in [0.1, 0.15) is 5.82 Å². The first-order valence-corrected chi connectivity index (χ1v) is 11.3. The largest absolute Gasteiger partial charge is 0.374 e. The van der Waals surface area contributed by atoms with E-state index >= 15 is 0 Å². The fraction of sp³-hybridized carbons (Fsp3) is 0.269. The Morgan fingerprint density at radius 2 is 1.91 bits per heavy atom. The zero-order chi connectivity index (χ0) is 24.2. The lowest BCUT2D eigenvalue weighted by molar-refractivity contribution is 0.247. The van der Waals surface area contributed by atoms with Gasteiger partial charge in [-0.15, -0.1) is 0 Å². The minimum absolute atomic E-state index is 0.0609. The standard InChI is InChI=1S/C26H31N7O/c1-18(17-32(5)27-3)24-19(2)25(33(30-24)20-11-7-6-8-12-20)29-26(34)28-22-15-16-31(4)23-14-10-9-13-21(22)23/h6-14,17,22H,3,15-16H2,1-2,4-5H3,(H2,28,29,34)/b18-17+. The van der Waals surface area contributed by atoms with E-state index in [1.807, 2.05) is 69.6 Å². The molecule has 176 valence electrons. The summed E-state index contributed by atoms with van der Waals surface area (Å²) in [6, 6.07) is 17.6. The van der Waals surface area contributed by atoms with Gasteiger partial charge in [-0.2, -0.15) is 10.2 Å². The van der Waals surface area contributed by atoms with Gasteiger partial charge in [-0.25, -0.2) is 9.48 Å². The number of nitrogens with zero attached hydrogens (tertiary/aromatic N) is 5. The van der Waals surface area contributed by atoms with Crippen LogP contribution in [0.4, 0.5) is 16.3 Å². The summed E-state index contributed by atoms with van der Waals surface area (Å²) in [5.74, 6) is 0.627. The molecule has 2 amide bonds. The molecule has 34 heavy (non-hydrogen) atoms. The van der Waals surface area contributed by atoms with E-state index in [0.717, 1.165) is 46.7 Å². The molecule has 0 spiro atoms. The van der Waals surface area contributed by atoms with Crippen LogP contribution in [0.2, 0.25) is 0 Å². The molecule has 8 heteroatoms. The Labute approximate surface area is 200 Å². The molecule has 0 bridgehead atoms. The lowest BCUT2D eigenvalue weighted by Crippen LogP contribution is -2.38. The molecule has 4 rings (SSSR count). The summed E-state index contributed by atoms with van der Waals surface area (Å²) in [7, 11) is 3.89. The Morgan fingerprint density at radius 1 is 1.21 bits per heavy atom. The summed E-state index contributed by atoms with van der Waals surface area (Å²) in [6.45, 7) is 8.35. The van der Waals surface area contributed by atoms with Crippen LogP contribution >= 0.6 is 0 Å². The summed E-state index contributed by atoms with van der Waals surface area (Å²) >= 11 is 0. The highest BCUT2D eigenvalue weighted by Gasteiger charge is 2.25. The number of hydrogen-bond donors (Lipinski definition) is 2. The zero-order valence-electron chi connectivity index (χ0n) is 20.1. The van der Waals surface area contributed by atoms with E-state index < -0.39 is 0 Å². The first-order chi connectivity index (χ1) is 16.4. The number of para-hydroxylation sites is 2. The van der Waals surface area contributed by atoms with E-state index in [-0.39, 0.29) is 12.1 Å². The molecule has 0 saturated heterocycles. The summed E-state index contributed by atoms with van der Waals surface area (Å²) in [4.78, 5) is 15.4. The molecule has 0 saturated carbocycles. The SMILES string of the molecule is C=NN(C)/C=C(\C)c1nn(-c2ccccc2)c(NC(=O)NC2CCN(C)c3ccccc32)c1C. The third-order valence-electron chi connectivity index (χ3n) is 6.11. The number of rotatable bonds is 6. The second-order valence-corrected chi connectivity index (χ2v) is 8.52. The Kier molecular flexibility index (Phi) is 6.67. The number of benzene rings is 2. The Morgan fingerprint density at radius 3 is 2.65 bits per heavy atom. The average molecular weight is 458 g/mol. The number of aromatic nitrogens is 2. The molecule has 1 aliphatic rings. The van der Waals surface area contributed by atoms with Crippen LogP contribution in [0.5, 0.6) is 0 Å². The molecule has 0 radical (unpaired) electrons. The molecule has 1 atom stereocenters. The Balaban J connectivity index is 1.64. The highest BCUT2D eigenvalue weighted by Crippen LogP contribution is 2.33. The second kappa shape index (κ2) is 9.82. The molecule has 8 nitrogen and oxygen atoms in total. The first kappa shape index (κ1) is 23.1. The maximum atomic E-state index is 13.2. The predicted molar refractivity (Wildman–Crippen MR) is 138 cm³/mol. The zero-order valence-corrected chi connectivity index (χ0v) is 20.1. The van der Waals surface area contributed by atoms with Crippen LogP contribution in [0.1, 0.15) is 36.2 Å². The Hall–Kier alpha value is -4.07. The van der Waals surface area contributed by atoms with Crippen LogP contribution in [-0.2, 0) is 0 Å². The highest BCUT2D eigenvalue weighted by molar-refractivity contribution is 5.91. The van der Waals surface area contributed by atoms with Gasteiger partial charge in [0, 0.05) is 44.8 Å². The summed E-state index contributed by atoms with van der Waals surface area (Å²) < 4.78 is 1.77. The lowest BCUT2D eigenvalue weighted by atomic mass is 9.97. The van der Waals surface area contributed by atoms with Gasteiger partial charge < -0.3 is 10.2 Å². The van der Waals surface area contributed by atoms with E-state index in [1.165, 1.54) is 0 Å². The van der Waals surface area contributed by atoms with Gasteiger partial charge in [-0.1, -0.05) is 36.4 Å². The van der Waals surface area contributed by atoms with Gasteiger partial charge in [0.05, 0.1) is 17.4 Å². The highest BCUT2D eigenvalue weighted by atomic mass is 16.2. The van der Waals surface area contributed by atoms with Crippen LogP contribution in [0.15, 0.2) is 65.9 Å². The second-order valence-electron chi connectivity index (χ2n) is 8.52. The van der Waals surface area contributed by atoms with Gasteiger partial charge in [0.15, 0.2) is 0 Å². The number of fused-ring (bicyclic) bond motifs is 1. The molecule has 1 aliphatic heterocycles. The van der Waals surface area contributed by atoms with E-state index in [2.05, 4.69) is 46.5 Å². The van der Waals surface area contributed by atoms with Crippen LogP contribution in [0.25, 0.3) is 11.3 Å². The summed E-state index contributed by atoms with van der Waals surface area (Å²) in [5, 5.41) is 16.6. The third kappa shape index (κ3) is 4.66. The minimum Gasteiger partial charge on any atom is -0.374 e. The van der Waals surface area contributed by atoms with Crippen molar-refractivity contribution in [2.24, 2.45) is 5.10 Å². The fourth-order valence-electron chi connectivity index (χ4n) is 4.34. The maximum absolute atomic E-state index is 13.2. The van der Waals surface area contributed by atoms with Crippen molar-refractivity contribution in [1.82, 2.24) is 20.1 Å². The first-order valence-electron chi connectivity index (χ1n) is 11.3. The van der Waals surface area contributed by atoms with Crippen LogP contribution in [0, 0.1) is 6.92 Å². The number of anilines is 2. The molecule has 2 aromatic carbocycles. The molecular formula is C26H31N7O. The Bertz CT molecular complexity index is 1220. The number of carbonyl (C=O) groups excluding carboxylic acids is 1. The number of urea groups is 1. The van der Waals surface area contributed by atoms with Crippen molar-refractivity contribution in [1.29, 1.82) is 0 Å². The normalized spacial score (nSPS) is 15.5.